The number of halogens is 1. The van der Waals surface area contributed by atoms with Crippen molar-refractivity contribution < 1.29 is 18.8 Å². The predicted octanol–water partition coefficient (Wildman–Crippen LogP) is 5.96. The largest absolute Gasteiger partial charge is 0.381 e. The van der Waals surface area contributed by atoms with Crippen LogP contribution in [0.1, 0.15) is 76.3 Å². The van der Waals surface area contributed by atoms with E-state index in [-0.39, 0.29) is 17.8 Å². The standard InChI is InChI=1S/C41H57FN8O3/c1-6-37-34(38(47-32-13-18-52-19-14-32)35-25-45-50(7-2)39(35)48-37)24-44-40(51)41(4,5)15-20-53-46-23-29-11-12-36(42)33(22-29)31-10-8-9-30(21-31)27-49-17-16-43-28(3)26-49/h8-12,21-22,25,28,32,43,46H,6-7,13-20,23-24,26-27H2,1-5H3,(H,44,51)(H,47,48)/t28-/m0/s1. The molecule has 0 spiro atoms. The molecule has 11 nitrogen and oxygen atoms in total. The van der Waals surface area contributed by atoms with Crippen LogP contribution in [0.2, 0.25) is 0 Å². The number of ether oxygens (including phenoxy) is 1. The Hall–Kier alpha value is -3.94. The van der Waals surface area contributed by atoms with Crippen LogP contribution in [0.5, 0.6) is 0 Å². The summed E-state index contributed by atoms with van der Waals surface area (Å²) in [7, 11) is 0. The molecular formula is C41H57FN8O3. The van der Waals surface area contributed by atoms with E-state index >= 15 is 4.39 Å². The van der Waals surface area contributed by atoms with Gasteiger partial charge < -0.3 is 25.5 Å². The first-order chi connectivity index (χ1) is 25.6. The van der Waals surface area contributed by atoms with Crippen molar-refractivity contribution in [3.63, 3.8) is 0 Å². The van der Waals surface area contributed by atoms with Gasteiger partial charge in [-0.3, -0.25) is 9.69 Å². The molecule has 4 heterocycles. The maximum Gasteiger partial charge on any atom is 0.226 e. The normalized spacial score (nSPS) is 17.4. The van der Waals surface area contributed by atoms with Gasteiger partial charge in [0.15, 0.2) is 5.65 Å². The Bertz CT molecular complexity index is 1840. The molecule has 4 aromatic rings. The van der Waals surface area contributed by atoms with Crippen molar-refractivity contribution in [1.82, 2.24) is 35.8 Å². The fraction of sp³-hybridized carbons (Fsp3) is 0.537. The Morgan fingerprint density at radius 2 is 1.94 bits per heavy atom. The lowest BCUT2D eigenvalue weighted by atomic mass is 9.88. The van der Waals surface area contributed by atoms with E-state index < -0.39 is 5.41 Å². The third-order valence-corrected chi connectivity index (χ3v) is 10.6. The first-order valence-electron chi connectivity index (χ1n) is 19.3. The first kappa shape index (κ1) is 38.8. The van der Waals surface area contributed by atoms with E-state index in [0.29, 0.717) is 37.7 Å². The van der Waals surface area contributed by atoms with Crippen molar-refractivity contribution in [2.75, 3.05) is 44.8 Å². The molecule has 2 aromatic carbocycles. The van der Waals surface area contributed by atoms with Gasteiger partial charge in [0.1, 0.15) is 5.82 Å². The Morgan fingerprint density at radius 1 is 1.11 bits per heavy atom. The minimum absolute atomic E-state index is 0.0543. The smallest absolute Gasteiger partial charge is 0.226 e. The van der Waals surface area contributed by atoms with Gasteiger partial charge in [-0.25, -0.2) is 14.1 Å². The lowest BCUT2D eigenvalue weighted by molar-refractivity contribution is -0.131. The molecule has 1 atom stereocenters. The molecule has 0 aliphatic carbocycles. The zero-order valence-electron chi connectivity index (χ0n) is 32.1. The number of benzene rings is 2. The minimum Gasteiger partial charge on any atom is -0.381 e. The summed E-state index contributed by atoms with van der Waals surface area (Å²) in [5, 5.41) is 16.0. The number of amides is 1. The Balaban J connectivity index is 1.03. The van der Waals surface area contributed by atoms with Gasteiger partial charge in [0, 0.05) is 93.3 Å². The topological polar surface area (TPSA) is 118 Å². The molecule has 12 heteroatoms. The van der Waals surface area contributed by atoms with E-state index in [2.05, 4.69) is 64.3 Å². The van der Waals surface area contributed by atoms with Crippen molar-refractivity contribution >= 4 is 22.6 Å². The number of carbonyl (C=O) groups excluding carboxylic acids is 1. The summed E-state index contributed by atoms with van der Waals surface area (Å²) < 4.78 is 22.6. The van der Waals surface area contributed by atoms with Gasteiger partial charge >= 0.3 is 0 Å². The van der Waals surface area contributed by atoms with Crippen LogP contribution < -0.4 is 21.4 Å². The number of hydrogen-bond donors (Lipinski definition) is 4. The van der Waals surface area contributed by atoms with E-state index in [4.69, 9.17) is 14.6 Å². The van der Waals surface area contributed by atoms with Crippen molar-refractivity contribution in [3.8, 4) is 11.1 Å². The number of pyridine rings is 1. The second-order valence-electron chi connectivity index (χ2n) is 15.1. The number of piperazine rings is 1. The molecule has 2 aliphatic heterocycles. The average molecular weight is 729 g/mol. The van der Waals surface area contributed by atoms with Crippen molar-refractivity contribution in [2.45, 2.75) is 98.6 Å². The fourth-order valence-electron chi connectivity index (χ4n) is 7.29. The predicted molar refractivity (Wildman–Crippen MR) is 208 cm³/mol. The highest BCUT2D eigenvalue weighted by Crippen LogP contribution is 2.32. The van der Waals surface area contributed by atoms with E-state index in [1.165, 1.54) is 11.6 Å². The van der Waals surface area contributed by atoms with Crippen LogP contribution in [0.4, 0.5) is 10.1 Å². The first-order valence-corrected chi connectivity index (χ1v) is 19.3. The number of carbonyl (C=O) groups is 1. The molecule has 0 unspecified atom stereocenters. The molecule has 0 saturated carbocycles. The van der Waals surface area contributed by atoms with Crippen LogP contribution in [0, 0.1) is 11.2 Å². The SMILES string of the molecule is CCc1nc2c(cnn2CC)c(NC2CCOCC2)c1CNC(=O)C(C)(C)CCONCc1ccc(F)c(-c2cccc(CN3CCN[C@@H](C)C3)c2)c1. The van der Waals surface area contributed by atoms with Gasteiger partial charge in [-0.1, -0.05) is 45.0 Å². The Labute approximate surface area is 313 Å². The maximum atomic E-state index is 15.0. The maximum absolute atomic E-state index is 15.0. The van der Waals surface area contributed by atoms with E-state index in [1.54, 1.807) is 6.07 Å². The summed E-state index contributed by atoms with van der Waals surface area (Å²) in [6.07, 6.45) is 4.97. The molecular weight excluding hydrogens is 672 g/mol. The molecule has 1 amide bonds. The van der Waals surface area contributed by atoms with E-state index in [0.717, 1.165) is 104 Å². The molecule has 286 valence electrons. The Kier molecular flexibility index (Phi) is 13.1. The zero-order chi connectivity index (χ0) is 37.4. The van der Waals surface area contributed by atoms with E-state index in [1.807, 2.05) is 42.9 Å². The highest BCUT2D eigenvalue weighted by Gasteiger charge is 2.29. The molecule has 53 heavy (non-hydrogen) atoms. The van der Waals surface area contributed by atoms with Gasteiger partial charge in [0.2, 0.25) is 5.91 Å². The lowest BCUT2D eigenvalue weighted by Gasteiger charge is -2.31. The fourth-order valence-corrected chi connectivity index (χ4v) is 7.29. The second-order valence-corrected chi connectivity index (χ2v) is 15.1. The number of nitrogens with one attached hydrogen (secondary N) is 4. The summed E-state index contributed by atoms with van der Waals surface area (Å²) in [4.78, 5) is 26.8. The van der Waals surface area contributed by atoms with E-state index in [9.17, 15) is 4.79 Å². The van der Waals surface area contributed by atoms with Crippen LogP contribution in [0.25, 0.3) is 22.2 Å². The highest BCUT2D eigenvalue weighted by molar-refractivity contribution is 5.92. The number of aromatic nitrogens is 3. The number of rotatable bonds is 16. The highest BCUT2D eigenvalue weighted by atomic mass is 19.1. The second kappa shape index (κ2) is 17.9. The summed E-state index contributed by atoms with van der Waals surface area (Å²) in [5.41, 5.74) is 9.69. The molecule has 0 bridgehead atoms. The van der Waals surface area contributed by atoms with Gasteiger partial charge in [0.05, 0.1) is 23.9 Å². The number of aryl methyl sites for hydroxylation is 2. The average Bonchev–Trinajstić information content (AvgIpc) is 3.58. The Morgan fingerprint density at radius 3 is 2.72 bits per heavy atom. The van der Waals surface area contributed by atoms with Crippen molar-refractivity contribution in [2.24, 2.45) is 5.41 Å². The summed E-state index contributed by atoms with van der Waals surface area (Å²) in [6, 6.07) is 14.1. The molecule has 6 rings (SSSR count). The number of anilines is 1. The van der Waals surface area contributed by atoms with Gasteiger partial charge in [-0.15, -0.1) is 0 Å². The number of hydrogen-bond acceptors (Lipinski definition) is 9. The summed E-state index contributed by atoms with van der Waals surface area (Å²) in [6.45, 7) is 17.4. The zero-order valence-corrected chi connectivity index (χ0v) is 32.1. The third kappa shape index (κ3) is 9.79. The molecule has 2 fully saturated rings. The molecule has 2 aromatic heterocycles. The number of nitrogens with zero attached hydrogens (tertiary/aromatic N) is 4. The summed E-state index contributed by atoms with van der Waals surface area (Å²) >= 11 is 0. The minimum atomic E-state index is -0.677. The van der Waals surface area contributed by atoms with Gasteiger partial charge in [-0.05, 0) is 74.4 Å². The summed E-state index contributed by atoms with van der Waals surface area (Å²) in [5.74, 6) is -0.305. The lowest BCUT2D eigenvalue weighted by Crippen LogP contribution is -2.48. The van der Waals surface area contributed by atoms with Crippen LogP contribution in [0.3, 0.4) is 0 Å². The van der Waals surface area contributed by atoms with Crippen molar-refractivity contribution in [1.29, 1.82) is 0 Å². The van der Waals surface area contributed by atoms with Gasteiger partial charge in [0.25, 0.3) is 0 Å². The van der Waals surface area contributed by atoms with Crippen LogP contribution >= 0.6 is 0 Å². The molecule has 4 N–H and O–H groups in total. The number of fused-ring (bicyclic) bond motifs is 1. The van der Waals surface area contributed by atoms with Crippen LogP contribution in [-0.4, -0.2) is 77.1 Å². The third-order valence-electron chi connectivity index (χ3n) is 10.6. The van der Waals surface area contributed by atoms with Gasteiger partial charge in [-0.2, -0.15) is 10.6 Å². The monoisotopic (exact) mass is 728 g/mol. The quantitative estimate of drug-likeness (QED) is 0.0820. The number of hydroxylamine groups is 1. The van der Waals surface area contributed by atoms with Crippen LogP contribution in [0.15, 0.2) is 48.7 Å². The molecule has 2 saturated heterocycles. The van der Waals surface area contributed by atoms with Crippen LogP contribution in [-0.2, 0) is 47.0 Å². The molecule has 2 aliphatic rings. The van der Waals surface area contributed by atoms with Crippen molar-refractivity contribution in [3.05, 3.63) is 76.9 Å². The molecule has 0 radical (unpaired) electrons.